The lowest BCUT2D eigenvalue weighted by atomic mass is 10.1. The molecule has 31 heavy (non-hydrogen) atoms. The van der Waals surface area contributed by atoms with Crippen molar-refractivity contribution in [2.75, 3.05) is 13.1 Å². The molecule has 0 spiro atoms. The molecule has 3 aliphatic rings. The zero-order valence-corrected chi connectivity index (χ0v) is 19.9. The fourth-order valence-electron chi connectivity index (χ4n) is 3.66. The summed E-state index contributed by atoms with van der Waals surface area (Å²) in [6.07, 6.45) is 4.12. The molecule has 1 atom stereocenters. The van der Waals surface area contributed by atoms with Gasteiger partial charge in [0.2, 0.25) is 10.0 Å². The Labute approximate surface area is 192 Å². The van der Waals surface area contributed by atoms with Crippen molar-refractivity contribution in [1.29, 1.82) is 0 Å². The molecule has 4 rings (SSSR count). The van der Waals surface area contributed by atoms with Crippen LogP contribution in [0.3, 0.4) is 0 Å². The maximum Gasteiger partial charge on any atom is 0.312 e. The highest BCUT2D eigenvalue weighted by molar-refractivity contribution is 7.90. The maximum absolute atomic E-state index is 13.0. The average Bonchev–Trinajstić information content (AvgIpc) is 3.57. The van der Waals surface area contributed by atoms with Crippen LogP contribution < -0.4 is 9.50 Å². The number of benzene rings is 1. The number of halogens is 2. The summed E-state index contributed by atoms with van der Waals surface area (Å²) in [5.74, 6) is -0.795. The molecule has 1 N–H and O–H groups in total. The first-order valence-electron chi connectivity index (χ1n) is 10.3. The van der Waals surface area contributed by atoms with Gasteiger partial charge in [-0.15, -0.1) is 0 Å². The monoisotopic (exact) mass is 510 g/mol. The van der Waals surface area contributed by atoms with Crippen molar-refractivity contribution in [3.63, 3.8) is 0 Å². The molecule has 2 aliphatic carbocycles. The van der Waals surface area contributed by atoms with E-state index < -0.39 is 31.3 Å². The van der Waals surface area contributed by atoms with E-state index in [0.29, 0.717) is 58.0 Å². The van der Waals surface area contributed by atoms with Crippen molar-refractivity contribution in [3.8, 4) is 5.75 Å². The quantitative estimate of drug-likeness (QED) is 0.564. The van der Waals surface area contributed by atoms with Gasteiger partial charge in [0.15, 0.2) is 5.75 Å². The second-order valence-corrected chi connectivity index (χ2v) is 13.2. The number of sulfonamides is 1. The van der Waals surface area contributed by atoms with Crippen LogP contribution in [0.25, 0.3) is 0 Å². The molecule has 1 aliphatic heterocycles. The number of nitrogens with zero attached hydrogens (tertiary/aromatic N) is 1. The Morgan fingerprint density at radius 3 is 2.29 bits per heavy atom. The number of amides is 1. The Hall–Kier alpha value is -1.07. The topological polar surface area (TPSA) is 110 Å². The van der Waals surface area contributed by atoms with E-state index in [-0.39, 0.29) is 32.7 Å². The predicted octanol–water partition coefficient (Wildman–Crippen LogP) is 2.94. The molecule has 1 aromatic rings. The van der Waals surface area contributed by atoms with Gasteiger partial charge >= 0.3 is 10.1 Å². The fourth-order valence-corrected chi connectivity index (χ4v) is 7.40. The van der Waals surface area contributed by atoms with E-state index >= 15 is 0 Å². The first kappa shape index (κ1) is 23.1. The lowest BCUT2D eigenvalue weighted by Gasteiger charge is -2.20. The van der Waals surface area contributed by atoms with Crippen molar-refractivity contribution in [2.24, 2.45) is 0 Å². The van der Waals surface area contributed by atoms with E-state index in [1.165, 1.54) is 16.4 Å². The van der Waals surface area contributed by atoms with Crippen molar-refractivity contribution >= 4 is 49.3 Å². The second kappa shape index (κ2) is 8.70. The third-order valence-electron chi connectivity index (χ3n) is 5.71. The summed E-state index contributed by atoms with van der Waals surface area (Å²) in [5.41, 5.74) is -0.0616. The normalized spacial score (nSPS) is 23.2. The van der Waals surface area contributed by atoms with Gasteiger partial charge in [-0.2, -0.15) is 8.42 Å². The highest BCUT2D eigenvalue weighted by Crippen LogP contribution is 2.37. The summed E-state index contributed by atoms with van der Waals surface area (Å²) >= 11 is 12.2. The van der Waals surface area contributed by atoms with Crippen LogP contribution in [0.15, 0.2) is 12.1 Å². The minimum atomic E-state index is -3.88. The van der Waals surface area contributed by atoms with Crippen LogP contribution >= 0.6 is 23.2 Å². The Kier molecular flexibility index (Phi) is 6.48. The lowest BCUT2D eigenvalue weighted by Crippen LogP contribution is -2.38. The van der Waals surface area contributed by atoms with Crippen LogP contribution in [0.5, 0.6) is 5.75 Å². The number of carbonyl (C=O) groups is 1. The van der Waals surface area contributed by atoms with Crippen LogP contribution in [0.4, 0.5) is 0 Å². The third-order valence-corrected chi connectivity index (χ3v) is 10.3. The van der Waals surface area contributed by atoms with Gasteiger partial charge in [0.05, 0.1) is 21.1 Å². The van der Waals surface area contributed by atoms with Gasteiger partial charge < -0.3 is 9.50 Å². The second-order valence-electron chi connectivity index (χ2n) is 8.28. The number of nitrogens with one attached hydrogen (secondary N) is 1. The molecule has 0 aromatic heterocycles. The van der Waals surface area contributed by atoms with Gasteiger partial charge in [-0.3, -0.25) is 4.79 Å². The maximum atomic E-state index is 13.0. The molecule has 12 heteroatoms. The predicted molar refractivity (Wildman–Crippen MR) is 118 cm³/mol. The molecule has 0 radical (unpaired) electrons. The molecule has 1 aromatic carbocycles. The van der Waals surface area contributed by atoms with E-state index in [1.54, 1.807) is 0 Å². The van der Waals surface area contributed by atoms with E-state index in [4.69, 9.17) is 27.4 Å². The van der Waals surface area contributed by atoms with Crippen molar-refractivity contribution in [2.45, 2.75) is 61.5 Å². The minimum Gasteiger partial charge on any atom is -0.380 e. The minimum absolute atomic E-state index is 0.0616. The van der Waals surface area contributed by atoms with Gasteiger partial charge in [0.25, 0.3) is 5.91 Å². The molecule has 1 unspecified atom stereocenters. The number of rotatable bonds is 7. The molecule has 1 heterocycles. The summed E-state index contributed by atoms with van der Waals surface area (Å²) in [6, 6.07) is 2.38. The first-order chi connectivity index (χ1) is 14.6. The average molecular weight is 511 g/mol. The van der Waals surface area contributed by atoms with Crippen LogP contribution in [-0.4, -0.2) is 56.7 Å². The van der Waals surface area contributed by atoms with Crippen LogP contribution in [-0.2, 0) is 20.1 Å². The van der Waals surface area contributed by atoms with Crippen LogP contribution in [0.1, 0.15) is 55.3 Å². The molecule has 172 valence electrons. The van der Waals surface area contributed by atoms with Gasteiger partial charge in [-0.05, 0) is 57.1 Å². The van der Waals surface area contributed by atoms with E-state index in [0.717, 1.165) is 0 Å². The largest absolute Gasteiger partial charge is 0.380 e. The summed E-state index contributed by atoms with van der Waals surface area (Å²) in [4.78, 5) is 13.0. The van der Waals surface area contributed by atoms with E-state index in [1.807, 2.05) is 0 Å². The van der Waals surface area contributed by atoms with Crippen LogP contribution in [0, 0.1) is 0 Å². The van der Waals surface area contributed by atoms with E-state index in [2.05, 4.69) is 5.32 Å². The molecule has 1 saturated heterocycles. The van der Waals surface area contributed by atoms with Gasteiger partial charge in [0.1, 0.15) is 0 Å². The summed E-state index contributed by atoms with van der Waals surface area (Å²) in [7, 11) is -7.13. The number of hydrogen-bond donors (Lipinski definition) is 1. The standard InChI is InChI=1S/C19H24Cl2N2O6S2/c20-12-10-16(18(17(21)11-12)29-31(27,28)15-5-6-15)19(24)22-13-2-1-8-23(9-7-13)30(25,26)14-3-4-14/h10-11,13-15H,1-9H2,(H,22,24). The molecule has 2 saturated carbocycles. The fraction of sp³-hybridized carbons (Fsp3) is 0.632. The smallest absolute Gasteiger partial charge is 0.312 e. The SMILES string of the molecule is O=C(NC1CCCN(S(=O)(=O)C2CC2)CC1)c1cc(Cl)cc(Cl)c1OS(=O)(=O)C1CC1. The summed E-state index contributed by atoms with van der Waals surface area (Å²) in [5, 5.41) is 2.12. The van der Waals surface area contributed by atoms with Crippen LogP contribution in [0.2, 0.25) is 10.0 Å². The Balaban J connectivity index is 1.48. The summed E-state index contributed by atoms with van der Waals surface area (Å²) < 4.78 is 56.3. The lowest BCUT2D eigenvalue weighted by molar-refractivity contribution is 0.0932. The van der Waals surface area contributed by atoms with Crippen molar-refractivity contribution in [1.82, 2.24) is 9.62 Å². The Bertz CT molecular complexity index is 1080. The molecule has 0 bridgehead atoms. The molecular formula is C19H24Cl2N2O6S2. The third kappa shape index (κ3) is 5.30. The Morgan fingerprint density at radius 1 is 0.968 bits per heavy atom. The highest BCUT2D eigenvalue weighted by Gasteiger charge is 2.41. The number of hydrogen-bond acceptors (Lipinski definition) is 6. The van der Waals surface area contributed by atoms with Gasteiger partial charge in [-0.25, -0.2) is 12.7 Å². The molecule has 1 amide bonds. The number of carbonyl (C=O) groups excluding carboxylic acids is 1. The highest BCUT2D eigenvalue weighted by atomic mass is 35.5. The molecular weight excluding hydrogens is 487 g/mol. The molecule has 8 nitrogen and oxygen atoms in total. The Morgan fingerprint density at radius 2 is 1.65 bits per heavy atom. The van der Waals surface area contributed by atoms with Crippen molar-refractivity contribution < 1.29 is 25.8 Å². The van der Waals surface area contributed by atoms with Gasteiger partial charge in [0, 0.05) is 24.2 Å². The first-order valence-corrected chi connectivity index (χ1v) is 14.0. The van der Waals surface area contributed by atoms with Gasteiger partial charge in [-0.1, -0.05) is 23.2 Å². The zero-order valence-electron chi connectivity index (χ0n) is 16.7. The summed E-state index contributed by atoms with van der Waals surface area (Å²) in [6.45, 7) is 0.766. The zero-order chi connectivity index (χ0) is 22.4. The van der Waals surface area contributed by atoms with E-state index in [9.17, 15) is 21.6 Å². The molecule has 3 fully saturated rings. The van der Waals surface area contributed by atoms with Crippen molar-refractivity contribution in [3.05, 3.63) is 27.7 Å².